The lowest BCUT2D eigenvalue weighted by Crippen LogP contribution is -2.45. The number of sulfonamides is 1. The van der Waals surface area contributed by atoms with E-state index in [9.17, 15) is 8.42 Å². The van der Waals surface area contributed by atoms with E-state index in [-0.39, 0.29) is 4.90 Å². The molecule has 0 unspecified atom stereocenters. The summed E-state index contributed by atoms with van der Waals surface area (Å²) in [5.41, 5.74) is 0. The molecule has 132 valence electrons. The Bertz CT molecular complexity index is 695. The molecule has 1 aromatic carbocycles. The lowest BCUT2D eigenvalue weighted by atomic mass is 10.1. The van der Waals surface area contributed by atoms with Crippen molar-refractivity contribution in [2.75, 3.05) is 32.8 Å². The Kier molecular flexibility index (Phi) is 4.40. The summed E-state index contributed by atoms with van der Waals surface area (Å²) in [6.07, 6.45) is 4.39. The highest BCUT2D eigenvalue weighted by molar-refractivity contribution is 7.89. The van der Waals surface area contributed by atoms with Gasteiger partial charge < -0.3 is 14.8 Å². The standard InChI is InChI=1S/C17H24N2O4S/c20-24(21,16-3-1-2-15-17(16)23-11-10-22-15)19-8-6-14(7-9-19)18-12-13-4-5-13/h1-3,13-14,18H,4-12H2. The molecule has 7 heteroatoms. The van der Waals surface area contributed by atoms with Crippen LogP contribution in [0.1, 0.15) is 25.7 Å². The number of rotatable bonds is 5. The second kappa shape index (κ2) is 6.54. The van der Waals surface area contributed by atoms with Crippen LogP contribution < -0.4 is 14.8 Å². The van der Waals surface area contributed by atoms with Gasteiger partial charge in [-0.2, -0.15) is 4.31 Å². The molecule has 1 saturated carbocycles. The van der Waals surface area contributed by atoms with Gasteiger partial charge in [-0.1, -0.05) is 6.07 Å². The second-order valence-electron chi connectivity index (χ2n) is 6.81. The summed E-state index contributed by atoms with van der Waals surface area (Å²) >= 11 is 0. The van der Waals surface area contributed by atoms with Crippen LogP contribution in [0.25, 0.3) is 0 Å². The molecule has 2 aliphatic heterocycles. The van der Waals surface area contributed by atoms with Crippen LogP contribution in [0.3, 0.4) is 0 Å². The monoisotopic (exact) mass is 352 g/mol. The Morgan fingerprint density at radius 2 is 1.83 bits per heavy atom. The summed E-state index contributed by atoms with van der Waals surface area (Å²) in [6.45, 7) is 3.01. The lowest BCUT2D eigenvalue weighted by molar-refractivity contribution is 0.166. The van der Waals surface area contributed by atoms with Gasteiger partial charge in [-0.25, -0.2) is 8.42 Å². The summed E-state index contributed by atoms with van der Waals surface area (Å²) in [5, 5.41) is 3.58. The molecule has 0 bridgehead atoms. The van der Waals surface area contributed by atoms with Crippen LogP contribution >= 0.6 is 0 Å². The van der Waals surface area contributed by atoms with E-state index in [1.54, 1.807) is 22.5 Å². The Morgan fingerprint density at radius 1 is 1.08 bits per heavy atom. The maximum atomic E-state index is 13.0. The fourth-order valence-corrected chi connectivity index (χ4v) is 4.96. The molecule has 1 aromatic rings. The van der Waals surface area contributed by atoms with Crippen molar-refractivity contribution in [3.63, 3.8) is 0 Å². The van der Waals surface area contributed by atoms with Gasteiger partial charge in [0.15, 0.2) is 11.5 Å². The van der Waals surface area contributed by atoms with Crippen molar-refractivity contribution in [1.82, 2.24) is 9.62 Å². The van der Waals surface area contributed by atoms with Crippen LogP contribution in [-0.4, -0.2) is 51.6 Å². The number of nitrogens with one attached hydrogen (secondary N) is 1. The molecule has 6 nitrogen and oxygen atoms in total. The molecule has 2 heterocycles. The Morgan fingerprint density at radius 3 is 2.58 bits per heavy atom. The predicted octanol–water partition coefficient (Wildman–Crippen LogP) is 1.61. The van der Waals surface area contributed by atoms with Crippen molar-refractivity contribution in [3.05, 3.63) is 18.2 Å². The van der Waals surface area contributed by atoms with Crippen molar-refractivity contribution in [2.24, 2.45) is 5.92 Å². The highest BCUT2D eigenvalue weighted by Gasteiger charge is 2.33. The van der Waals surface area contributed by atoms with Crippen LogP contribution in [0.4, 0.5) is 0 Å². The molecule has 0 amide bonds. The molecule has 1 saturated heterocycles. The molecular formula is C17H24N2O4S. The number of fused-ring (bicyclic) bond motifs is 1. The Balaban J connectivity index is 1.45. The topological polar surface area (TPSA) is 67.9 Å². The summed E-state index contributed by atoms with van der Waals surface area (Å²) in [4.78, 5) is 0.226. The number of hydrogen-bond donors (Lipinski definition) is 1. The van der Waals surface area contributed by atoms with Crippen LogP contribution in [0.2, 0.25) is 0 Å². The molecule has 0 radical (unpaired) electrons. The SMILES string of the molecule is O=S(=O)(c1cccc2c1OCCO2)N1CCC(NCC2CC2)CC1. The number of nitrogens with zero attached hydrogens (tertiary/aromatic N) is 1. The van der Waals surface area contributed by atoms with E-state index in [0.29, 0.717) is 43.8 Å². The molecule has 1 aliphatic carbocycles. The first kappa shape index (κ1) is 16.2. The first-order chi connectivity index (χ1) is 11.6. The number of piperidine rings is 1. The molecule has 3 aliphatic rings. The molecule has 0 spiro atoms. The van der Waals surface area contributed by atoms with Crippen LogP contribution in [0.15, 0.2) is 23.1 Å². The van der Waals surface area contributed by atoms with Crippen LogP contribution in [0, 0.1) is 5.92 Å². The van der Waals surface area contributed by atoms with E-state index >= 15 is 0 Å². The molecular weight excluding hydrogens is 328 g/mol. The van der Waals surface area contributed by atoms with Crippen molar-refractivity contribution in [2.45, 2.75) is 36.6 Å². The average molecular weight is 352 g/mol. The molecule has 1 N–H and O–H groups in total. The van der Waals surface area contributed by atoms with Gasteiger partial charge in [0, 0.05) is 19.1 Å². The summed E-state index contributed by atoms with van der Waals surface area (Å²) in [7, 11) is -3.55. The van der Waals surface area contributed by atoms with Crippen molar-refractivity contribution in [1.29, 1.82) is 0 Å². The van der Waals surface area contributed by atoms with E-state index in [1.807, 2.05) is 0 Å². The van der Waals surface area contributed by atoms with Gasteiger partial charge in [-0.3, -0.25) is 0 Å². The van der Waals surface area contributed by atoms with Crippen LogP contribution in [-0.2, 0) is 10.0 Å². The summed E-state index contributed by atoms with van der Waals surface area (Å²) < 4.78 is 38.7. The smallest absolute Gasteiger partial charge is 0.246 e. The second-order valence-corrected chi connectivity index (χ2v) is 8.72. The van der Waals surface area contributed by atoms with E-state index in [2.05, 4.69) is 5.32 Å². The van der Waals surface area contributed by atoms with E-state index < -0.39 is 10.0 Å². The van der Waals surface area contributed by atoms with Gasteiger partial charge in [0.2, 0.25) is 10.0 Å². The third-order valence-electron chi connectivity index (χ3n) is 4.99. The maximum absolute atomic E-state index is 13.0. The maximum Gasteiger partial charge on any atom is 0.246 e. The summed E-state index contributed by atoms with van der Waals surface area (Å²) in [6, 6.07) is 5.51. The normalized spacial score (nSPS) is 22.5. The third kappa shape index (κ3) is 3.25. The third-order valence-corrected chi connectivity index (χ3v) is 6.92. The number of hydrogen-bond acceptors (Lipinski definition) is 5. The first-order valence-corrected chi connectivity index (χ1v) is 10.2. The zero-order valence-corrected chi connectivity index (χ0v) is 14.6. The number of ether oxygens (including phenoxy) is 2. The quantitative estimate of drug-likeness (QED) is 0.872. The average Bonchev–Trinajstić information content (AvgIpc) is 3.44. The minimum atomic E-state index is -3.55. The van der Waals surface area contributed by atoms with Crippen molar-refractivity contribution < 1.29 is 17.9 Å². The van der Waals surface area contributed by atoms with E-state index in [1.165, 1.54) is 12.8 Å². The van der Waals surface area contributed by atoms with Gasteiger partial charge in [0.25, 0.3) is 0 Å². The molecule has 4 rings (SSSR count). The lowest BCUT2D eigenvalue weighted by Gasteiger charge is -2.32. The zero-order valence-electron chi connectivity index (χ0n) is 13.7. The fourth-order valence-electron chi connectivity index (χ4n) is 3.34. The largest absolute Gasteiger partial charge is 0.486 e. The minimum Gasteiger partial charge on any atom is -0.486 e. The zero-order chi connectivity index (χ0) is 16.6. The van der Waals surface area contributed by atoms with E-state index in [4.69, 9.17) is 9.47 Å². The van der Waals surface area contributed by atoms with Gasteiger partial charge in [0.05, 0.1) is 0 Å². The molecule has 24 heavy (non-hydrogen) atoms. The highest BCUT2D eigenvalue weighted by atomic mass is 32.2. The van der Waals surface area contributed by atoms with Gasteiger partial charge in [0.1, 0.15) is 18.1 Å². The van der Waals surface area contributed by atoms with Gasteiger partial charge in [-0.05, 0) is 50.3 Å². The van der Waals surface area contributed by atoms with Gasteiger partial charge in [-0.15, -0.1) is 0 Å². The van der Waals surface area contributed by atoms with Gasteiger partial charge >= 0.3 is 0 Å². The Hall–Kier alpha value is -1.31. The number of para-hydroxylation sites is 1. The minimum absolute atomic E-state index is 0.226. The van der Waals surface area contributed by atoms with Crippen molar-refractivity contribution in [3.8, 4) is 11.5 Å². The van der Waals surface area contributed by atoms with Crippen molar-refractivity contribution >= 4 is 10.0 Å². The Labute approximate surface area is 143 Å². The number of benzene rings is 1. The van der Waals surface area contributed by atoms with Crippen LogP contribution in [0.5, 0.6) is 11.5 Å². The first-order valence-electron chi connectivity index (χ1n) is 8.77. The molecule has 2 fully saturated rings. The predicted molar refractivity (Wildman–Crippen MR) is 89.9 cm³/mol. The fraction of sp³-hybridized carbons (Fsp3) is 0.647. The molecule has 0 atom stereocenters. The molecule has 0 aromatic heterocycles. The van der Waals surface area contributed by atoms with E-state index in [0.717, 1.165) is 25.3 Å². The highest BCUT2D eigenvalue weighted by Crippen LogP contribution is 2.38. The summed E-state index contributed by atoms with van der Waals surface area (Å²) in [5.74, 6) is 1.72.